The first-order valence-electron chi connectivity index (χ1n) is 11.0. The molecule has 166 valence electrons. The van der Waals surface area contributed by atoms with Crippen LogP contribution in [0.25, 0.3) is 11.4 Å². The van der Waals surface area contributed by atoms with Gasteiger partial charge >= 0.3 is 5.97 Å². The number of aryl methyl sites for hydroxylation is 1. The maximum Gasteiger partial charge on any atom is 0.303 e. The van der Waals surface area contributed by atoms with Gasteiger partial charge in [0.1, 0.15) is 12.4 Å². The van der Waals surface area contributed by atoms with E-state index in [1.165, 1.54) is 0 Å². The third-order valence-electron chi connectivity index (χ3n) is 5.78. The molecule has 4 rings (SSSR count). The lowest BCUT2D eigenvalue weighted by atomic mass is 10.0. The fraction of sp³-hybridized carbons (Fsp3) is 0.346. The summed E-state index contributed by atoms with van der Waals surface area (Å²) >= 11 is 0. The van der Waals surface area contributed by atoms with Crippen LogP contribution in [0.1, 0.15) is 35.7 Å². The zero-order chi connectivity index (χ0) is 22.5. The summed E-state index contributed by atoms with van der Waals surface area (Å²) in [5.41, 5.74) is 5.38. The average Bonchev–Trinajstić information content (AvgIpc) is 2.78. The lowest BCUT2D eigenvalue weighted by Crippen LogP contribution is -2.35. The summed E-state index contributed by atoms with van der Waals surface area (Å²) < 4.78 is 5.99. The molecular formula is C26H29N3O3. The van der Waals surface area contributed by atoms with Gasteiger partial charge in [-0.2, -0.15) is 0 Å². The van der Waals surface area contributed by atoms with Gasteiger partial charge in [0.15, 0.2) is 5.82 Å². The first-order chi connectivity index (χ1) is 15.5. The fourth-order valence-corrected chi connectivity index (χ4v) is 4.16. The van der Waals surface area contributed by atoms with E-state index in [0.29, 0.717) is 6.61 Å². The molecule has 3 aromatic rings. The van der Waals surface area contributed by atoms with Crippen LogP contribution in [0, 0.1) is 12.8 Å². The molecule has 2 heterocycles. The highest BCUT2D eigenvalue weighted by Crippen LogP contribution is 2.27. The predicted molar refractivity (Wildman–Crippen MR) is 123 cm³/mol. The summed E-state index contributed by atoms with van der Waals surface area (Å²) in [5.74, 6) is 0.977. The average molecular weight is 432 g/mol. The van der Waals surface area contributed by atoms with Gasteiger partial charge in [-0.15, -0.1) is 0 Å². The van der Waals surface area contributed by atoms with Crippen LogP contribution in [0.15, 0.2) is 54.7 Å². The van der Waals surface area contributed by atoms with Gasteiger partial charge in [-0.3, -0.25) is 9.69 Å². The summed E-state index contributed by atoms with van der Waals surface area (Å²) in [7, 11) is 0. The number of carboxylic acid groups (broad SMARTS) is 1. The molecular weight excluding hydrogens is 402 g/mol. The van der Waals surface area contributed by atoms with E-state index in [-0.39, 0.29) is 12.3 Å². The summed E-state index contributed by atoms with van der Waals surface area (Å²) in [6.45, 7) is 7.00. The van der Waals surface area contributed by atoms with Gasteiger partial charge in [0.2, 0.25) is 0 Å². The van der Waals surface area contributed by atoms with Gasteiger partial charge in [-0.25, -0.2) is 9.97 Å². The maximum atomic E-state index is 10.9. The molecule has 0 spiro atoms. The van der Waals surface area contributed by atoms with Crippen molar-refractivity contribution in [3.63, 3.8) is 0 Å². The topological polar surface area (TPSA) is 75.6 Å². The van der Waals surface area contributed by atoms with Crippen molar-refractivity contribution in [1.29, 1.82) is 0 Å². The first kappa shape index (κ1) is 22.0. The van der Waals surface area contributed by atoms with Crippen molar-refractivity contribution in [2.45, 2.75) is 39.8 Å². The SMILES string of the molecule is Cc1cc(-c2ncc3c(n2)CCN(C[C@@H](C)CC(=O)O)C3)ccc1OCc1ccccc1. The Morgan fingerprint density at radius 2 is 2.03 bits per heavy atom. The lowest BCUT2D eigenvalue weighted by Gasteiger charge is -2.29. The number of hydrogen-bond donors (Lipinski definition) is 1. The van der Waals surface area contributed by atoms with E-state index in [4.69, 9.17) is 14.8 Å². The minimum absolute atomic E-state index is 0.125. The maximum absolute atomic E-state index is 10.9. The second-order valence-electron chi connectivity index (χ2n) is 8.61. The standard InChI is InChI=1S/C26H29N3O3/c1-18(12-25(30)31)15-29-11-10-23-22(16-29)14-27-26(28-23)21-8-9-24(19(2)13-21)32-17-20-6-4-3-5-7-20/h3-9,13-14,18H,10-12,15-17H2,1-2H3,(H,30,31)/t18-/m0/s1. The number of carboxylic acids is 1. The molecule has 2 aromatic carbocycles. The molecule has 0 saturated carbocycles. The quantitative estimate of drug-likeness (QED) is 0.566. The van der Waals surface area contributed by atoms with Crippen molar-refractivity contribution in [2.75, 3.05) is 13.1 Å². The Kier molecular flexibility index (Phi) is 6.81. The van der Waals surface area contributed by atoms with E-state index in [2.05, 4.69) is 28.1 Å². The number of aliphatic carboxylic acids is 1. The van der Waals surface area contributed by atoms with Crippen LogP contribution in [-0.2, 0) is 24.4 Å². The molecule has 1 aromatic heterocycles. The fourth-order valence-electron chi connectivity index (χ4n) is 4.16. The summed E-state index contributed by atoms with van der Waals surface area (Å²) in [4.78, 5) is 22.7. The molecule has 0 saturated heterocycles. The Morgan fingerprint density at radius 1 is 1.22 bits per heavy atom. The molecule has 1 aliphatic heterocycles. The molecule has 32 heavy (non-hydrogen) atoms. The highest BCUT2D eigenvalue weighted by Gasteiger charge is 2.21. The van der Waals surface area contributed by atoms with Gasteiger partial charge in [-0.1, -0.05) is 37.3 Å². The highest BCUT2D eigenvalue weighted by atomic mass is 16.5. The Hall–Kier alpha value is -3.25. The molecule has 0 unspecified atom stereocenters. The second-order valence-corrected chi connectivity index (χ2v) is 8.61. The number of carbonyl (C=O) groups is 1. The summed E-state index contributed by atoms with van der Waals surface area (Å²) in [6, 6.07) is 16.2. The van der Waals surface area contributed by atoms with E-state index in [1.54, 1.807) is 0 Å². The molecule has 0 amide bonds. The third kappa shape index (κ3) is 5.51. The number of fused-ring (bicyclic) bond motifs is 1. The summed E-state index contributed by atoms with van der Waals surface area (Å²) in [6.07, 6.45) is 2.96. The van der Waals surface area contributed by atoms with Gasteiger partial charge in [0.05, 0.1) is 5.69 Å². The van der Waals surface area contributed by atoms with Gasteiger partial charge in [0, 0.05) is 49.8 Å². The Labute approximate surface area is 188 Å². The number of benzene rings is 2. The molecule has 0 fully saturated rings. The van der Waals surface area contributed by atoms with Crippen LogP contribution in [0.5, 0.6) is 5.75 Å². The van der Waals surface area contributed by atoms with Crippen molar-refractivity contribution in [3.8, 4) is 17.1 Å². The third-order valence-corrected chi connectivity index (χ3v) is 5.78. The number of ether oxygens (including phenoxy) is 1. The number of aromatic nitrogens is 2. The van der Waals surface area contributed by atoms with Crippen LogP contribution in [0.4, 0.5) is 0 Å². The van der Waals surface area contributed by atoms with E-state index in [9.17, 15) is 4.79 Å². The lowest BCUT2D eigenvalue weighted by molar-refractivity contribution is -0.138. The zero-order valence-corrected chi connectivity index (χ0v) is 18.6. The normalized spacial score (nSPS) is 14.6. The zero-order valence-electron chi connectivity index (χ0n) is 18.6. The van der Waals surface area contributed by atoms with E-state index in [0.717, 1.165) is 65.6 Å². The monoisotopic (exact) mass is 431 g/mol. The highest BCUT2D eigenvalue weighted by molar-refractivity contribution is 5.67. The van der Waals surface area contributed by atoms with Crippen LogP contribution in [0.3, 0.4) is 0 Å². The second kappa shape index (κ2) is 9.92. The van der Waals surface area contributed by atoms with Crippen LogP contribution in [0.2, 0.25) is 0 Å². The van der Waals surface area contributed by atoms with Crippen LogP contribution in [-0.4, -0.2) is 39.0 Å². The smallest absolute Gasteiger partial charge is 0.303 e. The Balaban J connectivity index is 1.42. The molecule has 6 heteroatoms. The van der Waals surface area contributed by atoms with Crippen molar-refractivity contribution < 1.29 is 14.6 Å². The van der Waals surface area contributed by atoms with Crippen molar-refractivity contribution >= 4 is 5.97 Å². The van der Waals surface area contributed by atoms with E-state index in [1.807, 2.05) is 50.4 Å². The molecule has 1 aliphatic rings. The van der Waals surface area contributed by atoms with Crippen molar-refractivity contribution in [2.24, 2.45) is 5.92 Å². The Bertz CT molecular complexity index is 1080. The number of nitrogens with zero attached hydrogens (tertiary/aromatic N) is 3. The summed E-state index contributed by atoms with van der Waals surface area (Å²) in [5, 5.41) is 8.98. The largest absolute Gasteiger partial charge is 0.489 e. The first-order valence-corrected chi connectivity index (χ1v) is 11.0. The number of hydrogen-bond acceptors (Lipinski definition) is 5. The predicted octanol–water partition coefficient (Wildman–Crippen LogP) is 4.50. The molecule has 1 atom stereocenters. The molecule has 0 aliphatic carbocycles. The molecule has 1 N–H and O–H groups in total. The van der Waals surface area contributed by atoms with Crippen LogP contribution < -0.4 is 4.74 Å². The van der Waals surface area contributed by atoms with Crippen LogP contribution >= 0.6 is 0 Å². The molecule has 0 bridgehead atoms. The molecule has 6 nitrogen and oxygen atoms in total. The van der Waals surface area contributed by atoms with E-state index >= 15 is 0 Å². The van der Waals surface area contributed by atoms with E-state index < -0.39 is 5.97 Å². The van der Waals surface area contributed by atoms with Crippen molar-refractivity contribution in [1.82, 2.24) is 14.9 Å². The Morgan fingerprint density at radius 3 is 2.78 bits per heavy atom. The van der Waals surface area contributed by atoms with Gasteiger partial charge < -0.3 is 9.84 Å². The minimum atomic E-state index is -0.741. The van der Waals surface area contributed by atoms with Gasteiger partial charge in [-0.05, 0) is 42.2 Å². The van der Waals surface area contributed by atoms with Crippen molar-refractivity contribution in [3.05, 3.63) is 77.1 Å². The minimum Gasteiger partial charge on any atom is -0.489 e. The molecule has 0 radical (unpaired) electrons. The number of rotatable bonds is 8. The van der Waals surface area contributed by atoms with Gasteiger partial charge in [0.25, 0.3) is 0 Å².